The van der Waals surface area contributed by atoms with Crippen molar-refractivity contribution in [2.45, 2.75) is 13.5 Å². The van der Waals surface area contributed by atoms with Crippen LogP contribution in [0.4, 0.5) is 0 Å². The van der Waals surface area contributed by atoms with Gasteiger partial charge in [-0.2, -0.15) is 5.10 Å². The number of rotatable bonds is 6. The Bertz CT molecular complexity index is 739. The molecule has 0 aromatic carbocycles. The monoisotopic (exact) mass is 334 g/mol. The number of carbonyl (C=O) groups excluding carboxylic acids is 2. The topological polar surface area (TPSA) is 84.3 Å². The number of thiophene rings is 1. The minimum absolute atomic E-state index is 0.0504. The van der Waals surface area contributed by atoms with Gasteiger partial charge in [-0.25, -0.2) is 4.68 Å². The van der Waals surface area contributed by atoms with E-state index in [0.29, 0.717) is 13.1 Å². The summed E-state index contributed by atoms with van der Waals surface area (Å²) in [5.41, 5.74) is -0.154. The normalized spacial score (nSPS) is 10.3. The molecule has 2 aromatic heterocycles. The van der Waals surface area contributed by atoms with Crippen LogP contribution >= 0.6 is 11.3 Å². The third-order valence-electron chi connectivity index (χ3n) is 3.22. The number of aryl methyl sites for hydroxylation is 1. The number of hydrogen-bond acceptors (Lipinski definition) is 5. The van der Waals surface area contributed by atoms with Crippen molar-refractivity contribution in [3.8, 4) is 0 Å². The summed E-state index contributed by atoms with van der Waals surface area (Å²) in [7, 11) is 1.48. The maximum absolute atomic E-state index is 12.4. The third kappa shape index (κ3) is 4.49. The predicted octanol–water partition coefficient (Wildman–Crippen LogP) is 0.620. The molecule has 0 atom stereocenters. The summed E-state index contributed by atoms with van der Waals surface area (Å²) in [6.45, 7) is 2.55. The summed E-state index contributed by atoms with van der Waals surface area (Å²) in [5.74, 6) is -0.618. The van der Waals surface area contributed by atoms with Crippen LogP contribution < -0.4 is 10.9 Å². The molecule has 0 fully saturated rings. The fourth-order valence-corrected chi connectivity index (χ4v) is 2.58. The lowest BCUT2D eigenvalue weighted by molar-refractivity contribution is -0.121. The highest BCUT2D eigenvalue weighted by Gasteiger charge is 2.19. The van der Waals surface area contributed by atoms with Crippen molar-refractivity contribution in [1.82, 2.24) is 20.0 Å². The molecule has 0 unspecified atom stereocenters. The van der Waals surface area contributed by atoms with E-state index in [2.05, 4.69) is 10.4 Å². The summed E-state index contributed by atoms with van der Waals surface area (Å²) in [5, 5.41) is 8.64. The van der Waals surface area contributed by atoms with Crippen molar-refractivity contribution >= 4 is 23.2 Å². The number of carbonyl (C=O) groups is 2. The van der Waals surface area contributed by atoms with Gasteiger partial charge in [0.25, 0.3) is 11.5 Å². The number of nitrogens with zero attached hydrogens (tertiary/aromatic N) is 3. The van der Waals surface area contributed by atoms with Gasteiger partial charge in [0.05, 0.1) is 13.1 Å². The summed E-state index contributed by atoms with van der Waals surface area (Å²) >= 11 is 1.56. The first kappa shape index (κ1) is 16.9. The molecule has 1 N–H and O–H groups in total. The molecular weight excluding hydrogens is 316 g/mol. The van der Waals surface area contributed by atoms with Gasteiger partial charge in [0.2, 0.25) is 5.91 Å². The number of hydrogen-bond donors (Lipinski definition) is 1. The Morgan fingerprint density at radius 1 is 1.35 bits per heavy atom. The molecule has 2 amide bonds. The van der Waals surface area contributed by atoms with E-state index in [4.69, 9.17) is 0 Å². The second kappa shape index (κ2) is 7.68. The Morgan fingerprint density at radius 2 is 2.13 bits per heavy atom. The minimum Gasteiger partial charge on any atom is -0.350 e. The van der Waals surface area contributed by atoms with Crippen molar-refractivity contribution in [3.05, 3.63) is 50.6 Å². The average molecular weight is 334 g/mol. The van der Waals surface area contributed by atoms with Crippen LogP contribution in [0.15, 0.2) is 34.4 Å². The van der Waals surface area contributed by atoms with Gasteiger partial charge in [-0.3, -0.25) is 14.4 Å². The molecule has 122 valence electrons. The van der Waals surface area contributed by atoms with E-state index in [1.807, 2.05) is 17.5 Å². The van der Waals surface area contributed by atoms with E-state index in [9.17, 15) is 14.4 Å². The molecule has 23 heavy (non-hydrogen) atoms. The van der Waals surface area contributed by atoms with Gasteiger partial charge < -0.3 is 10.2 Å². The zero-order valence-electron chi connectivity index (χ0n) is 13.0. The zero-order valence-corrected chi connectivity index (χ0v) is 13.8. The molecule has 0 bridgehead atoms. The van der Waals surface area contributed by atoms with E-state index in [1.165, 1.54) is 24.1 Å². The SMILES string of the molecule is CCN(CC(=O)NCc1cccs1)C(=O)c1ccc(=O)n(C)n1. The van der Waals surface area contributed by atoms with Gasteiger partial charge in [-0.15, -0.1) is 11.3 Å². The quantitative estimate of drug-likeness (QED) is 0.839. The van der Waals surface area contributed by atoms with E-state index in [1.54, 1.807) is 18.3 Å². The molecule has 0 aliphatic carbocycles. The van der Waals surface area contributed by atoms with Crippen LogP contribution in [0.3, 0.4) is 0 Å². The molecule has 0 aliphatic heterocycles. The molecule has 8 heteroatoms. The zero-order chi connectivity index (χ0) is 16.8. The minimum atomic E-state index is -0.380. The van der Waals surface area contributed by atoms with Gasteiger partial charge in [0, 0.05) is 24.5 Å². The Labute approximate surface area is 137 Å². The number of aromatic nitrogens is 2. The molecule has 0 saturated carbocycles. The summed E-state index contributed by atoms with van der Waals surface area (Å²) in [6.07, 6.45) is 0. The number of nitrogens with one attached hydrogen (secondary N) is 1. The van der Waals surface area contributed by atoms with Crippen molar-refractivity contribution in [1.29, 1.82) is 0 Å². The van der Waals surface area contributed by atoms with Crippen molar-refractivity contribution < 1.29 is 9.59 Å². The largest absolute Gasteiger partial charge is 0.350 e. The first-order valence-corrected chi connectivity index (χ1v) is 8.02. The molecule has 2 heterocycles. The number of likely N-dealkylation sites (N-methyl/N-ethyl adjacent to an activating group) is 1. The molecule has 2 rings (SSSR count). The fourth-order valence-electron chi connectivity index (χ4n) is 1.93. The van der Waals surface area contributed by atoms with Crippen molar-refractivity contribution in [3.63, 3.8) is 0 Å². The Kier molecular flexibility index (Phi) is 5.64. The van der Waals surface area contributed by atoms with E-state index in [-0.39, 0.29) is 29.6 Å². The van der Waals surface area contributed by atoms with Crippen LogP contribution in [0, 0.1) is 0 Å². The van der Waals surface area contributed by atoms with Gasteiger partial charge in [-0.05, 0) is 24.4 Å². The summed E-state index contributed by atoms with van der Waals surface area (Å²) < 4.78 is 1.10. The highest BCUT2D eigenvalue weighted by Crippen LogP contribution is 2.07. The van der Waals surface area contributed by atoms with Crippen LogP contribution in [0.25, 0.3) is 0 Å². The van der Waals surface area contributed by atoms with Crippen LogP contribution in [0.5, 0.6) is 0 Å². The van der Waals surface area contributed by atoms with Gasteiger partial charge in [0.1, 0.15) is 5.69 Å². The van der Waals surface area contributed by atoms with Crippen molar-refractivity contribution in [2.75, 3.05) is 13.1 Å². The maximum Gasteiger partial charge on any atom is 0.274 e. The highest BCUT2D eigenvalue weighted by molar-refractivity contribution is 7.09. The first-order chi connectivity index (χ1) is 11.0. The molecule has 0 saturated heterocycles. The smallest absolute Gasteiger partial charge is 0.274 e. The van der Waals surface area contributed by atoms with Gasteiger partial charge in [0.15, 0.2) is 0 Å². The Morgan fingerprint density at radius 3 is 2.74 bits per heavy atom. The lowest BCUT2D eigenvalue weighted by Gasteiger charge is -2.19. The lowest BCUT2D eigenvalue weighted by Crippen LogP contribution is -2.41. The second-order valence-electron chi connectivity index (χ2n) is 4.86. The standard InChI is InChI=1S/C15H18N4O3S/c1-3-19(10-13(20)16-9-11-5-4-8-23-11)15(22)12-6-7-14(21)18(2)17-12/h4-8H,3,9-10H2,1-2H3,(H,16,20). The third-order valence-corrected chi connectivity index (χ3v) is 4.10. The molecule has 2 aromatic rings. The van der Waals surface area contributed by atoms with Crippen molar-refractivity contribution in [2.24, 2.45) is 7.05 Å². The Hall–Kier alpha value is -2.48. The maximum atomic E-state index is 12.4. The van der Waals surface area contributed by atoms with E-state index < -0.39 is 0 Å². The van der Waals surface area contributed by atoms with Crippen LogP contribution in [0.2, 0.25) is 0 Å². The first-order valence-electron chi connectivity index (χ1n) is 7.14. The summed E-state index contributed by atoms with van der Waals surface area (Å²) in [4.78, 5) is 38.1. The average Bonchev–Trinajstić information content (AvgIpc) is 3.06. The van der Waals surface area contributed by atoms with Crippen LogP contribution in [0.1, 0.15) is 22.3 Å². The Balaban J connectivity index is 1.97. The fraction of sp³-hybridized carbons (Fsp3) is 0.333. The molecule has 7 nitrogen and oxygen atoms in total. The molecular formula is C15H18N4O3S. The van der Waals surface area contributed by atoms with E-state index >= 15 is 0 Å². The predicted molar refractivity (Wildman–Crippen MR) is 87.2 cm³/mol. The second-order valence-corrected chi connectivity index (χ2v) is 5.89. The highest BCUT2D eigenvalue weighted by atomic mass is 32.1. The lowest BCUT2D eigenvalue weighted by atomic mass is 10.3. The van der Waals surface area contributed by atoms with Gasteiger partial charge >= 0.3 is 0 Å². The van der Waals surface area contributed by atoms with Crippen LogP contribution in [-0.4, -0.2) is 39.6 Å². The number of amides is 2. The molecule has 0 radical (unpaired) electrons. The molecule has 0 aliphatic rings. The van der Waals surface area contributed by atoms with Gasteiger partial charge in [-0.1, -0.05) is 6.07 Å². The van der Waals surface area contributed by atoms with Crippen LogP contribution in [-0.2, 0) is 18.4 Å². The van der Waals surface area contributed by atoms with E-state index in [0.717, 1.165) is 9.56 Å². The molecule has 0 spiro atoms. The summed E-state index contributed by atoms with van der Waals surface area (Å²) in [6, 6.07) is 6.50.